The molecule has 2 heterocycles. The van der Waals surface area contributed by atoms with E-state index in [9.17, 15) is 4.39 Å². The van der Waals surface area contributed by atoms with Gasteiger partial charge < -0.3 is 5.11 Å². The van der Waals surface area contributed by atoms with E-state index in [1.807, 2.05) is 0 Å². The van der Waals surface area contributed by atoms with E-state index in [1.54, 1.807) is 6.07 Å². The summed E-state index contributed by atoms with van der Waals surface area (Å²) >= 11 is 10.9. The Labute approximate surface area is 113 Å². The summed E-state index contributed by atoms with van der Waals surface area (Å²) in [4.78, 5) is 14.6. The molecule has 2 rings (SSSR count). The minimum atomic E-state index is -0.666. The van der Waals surface area contributed by atoms with E-state index in [-0.39, 0.29) is 17.6 Å². The third-order valence-corrected chi connectivity index (χ3v) is 2.02. The number of alkyl halides is 1. The van der Waals surface area contributed by atoms with Crippen molar-refractivity contribution < 1.29 is 9.50 Å². The Morgan fingerprint density at radius 3 is 1.83 bits per heavy atom. The third kappa shape index (κ3) is 5.31. The lowest BCUT2D eigenvalue weighted by atomic mass is 10.6. The summed E-state index contributed by atoms with van der Waals surface area (Å²) in [6.07, 6.45) is 2.92. The van der Waals surface area contributed by atoms with Crippen molar-refractivity contribution in [1.29, 1.82) is 0 Å². The Bertz CT molecular complexity index is 455. The van der Waals surface area contributed by atoms with E-state index in [0.29, 0.717) is 11.0 Å². The molecule has 0 unspecified atom stereocenters. The van der Waals surface area contributed by atoms with E-state index in [1.165, 1.54) is 18.5 Å². The molecule has 1 N–H and O–H groups in total. The van der Waals surface area contributed by atoms with Crippen molar-refractivity contribution in [2.24, 2.45) is 0 Å². The van der Waals surface area contributed by atoms with Crippen LogP contribution in [0.2, 0.25) is 10.3 Å². The highest BCUT2D eigenvalue weighted by molar-refractivity contribution is 6.29. The van der Waals surface area contributed by atoms with Crippen molar-refractivity contribution in [2.45, 2.75) is 13.3 Å². The number of hydrogen-bond donors (Lipinski definition) is 1. The number of aromatic nitrogens is 4. The Balaban J connectivity index is 0.000000180. The van der Waals surface area contributed by atoms with Gasteiger partial charge in [0.25, 0.3) is 0 Å². The number of aliphatic hydroxyl groups excluding tert-OH is 1. The van der Waals surface area contributed by atoms with Gasteiger partial charge in [0.2, 0.25) is 0 Å². The fraction of sp³-hybridized carbons (Fsp3) is 0.200. The first-order chi connectivity index (χ1) is 8.65. The van der Waals surface area contributed by atoms with Crippen LogP contribution in [0.5, 0.6) is 0 Å². The van der Waals surface area contributed by atoms with Crippen molar-refractivity contribution in [1.82, 2.24) is 19.9 Å². The monoisotopic (exact) mass is 290 g/mol. The van der Waals surface area contributed by atoms with Gasteiger partial charge in [-0.05, 0) is 12.1 Å². The molecule has 0 aromatic carbocycles. The zero-order valence-electron chi connectivity index (χ0n) is 9.09. The number of aliphatic hydroxyl groups is 1. The van der Waals surface area contributed by atoms with Crippen LogP contribution in [0, 0.1) is 0 Å². The van der Waals surface area contributed by atoms with E-state index < -0.39 is 6.67 Å². The summed E-state index contributed by atoms with van der Waals surface area (Å²) in [5, 5.41) is 9.11. The molecule has 2 aromatic rings. The van der Waals surface area contributed by atoms with E-state index in [0.717, 1.165) is 0 Å². The zero-order chi connectivity index (χ0) is 13.4. The Kier molecular flexibility index (Phi) is 6.42. The SMILES string of the molecule is FCc1nccc(Cl)n1.OCc1nccc(Cl)n1. The molecular weight excluding hydrogens is 282 g/mol. The van der Waals surface area contributed by atoms with Crippen LogP contribution in [0.4, 0.5) is 4.39 Å². The highest BCUT2D eigenvalue weighted by Crippen LogP contribution is 2.02. The van der Waals surface area contributed by atoms with Crippen LogP contribution in [0.25, 0.3) is 0 Å². The maximum Gasteiger partial charge on any atom is 0.161 e. The summed E-state index contributed by atoms with van der Waals surface area (Å²) in [5.74, 6) is 0.477. The molecule has 0 aliphatic rings. The van der Waals surface area contributed by atoms with Crippen LogP contribution >= 0.6 is 23.2 Å². The van der Waals surface area contributed by atoms with Gasteiger partial charge >= 0.3 is 0 Å². The Morgan fingerprint density at radius 2 is 1.50 bits per heavy atom. The molecule has 0 radical (unpaired) electrons. The molecule has 5 nitrogen and oxygen atoms in total. The predicted octanol–water partition coefficient (Wildman–Crippen LogP) is 2.22. The van der Waals surface area contributed by atoms with E-state index in [2.05, 4.69) is 19.9 Å². The van der Waals surface area contributed by atoms with Crippen LogP contribution in [0.15, 0.2) is 24.5 Å². The Morgan fingerprint density at radius 1 is 1.00 bits per heavy atom. The van der Waals surface area contributed by atoms with Crippen molar-refractivity contribution in [2.75, 3.05) is 0 Å². The first-order valence-electron chi connectivity index (χ1n) is 4.77. The number of halogens is 3. The van der Waals surface area contributed by atoms with E-state index in [4.69, 9.17) is 28.3 Å². The lowest BCUT2D eigenvalue weighted by molar-refractivity contribution is 0.271. The van der Waals surface area contributed by atoms with Crippen molar-refractivity contribution in [3.63, 3.8) is 0 Å². The summed E-state index contributed by atoms with van der Waals surface area (Å²) < 4.78 is 11.7. The molecule has 2 aromatic heterocycles. The molecule has 18 heavy (non-hydrogen) atoms. The second-order valence-electron chi connectivity index (χ2n) is 2.88. The molecule has 0 fully saturated rings. The van der Waals surface area contributed by atoms with Crippen LogP contribution in [0.1, 0.15) is 11.6 Å². The normalized spacial score (nSPS) is 9.56. The van der Waals surface area contributed by atoms with Crippen molar-refractivity contribution in [3.8, 4) is 0 Å². The van der Waals surface area contributed by atoms with Gasteiger partial charge in [0.15, 0.2) is 11.6 Å². The average molecular weight is 291 g/mol. The van der Waals surface area contributed by atoms with Crippen molar-refractivity contribution >= 4 is 23.2 Å². The number of nitrogens with zero attached hydrogens (tertiary/aromatic N) is 4. The third-order valence-electron chi connectivity index (χ3n) is 1.60. The smallest absolute Gasteiger partial charge is 0.161 e. The minimum absolute atomic E-state index is 0.127. The quantitative estimate of drug-likeness (QED) is 0.859. The largest absolute Gasteiger partial charge is 0.388 e. The molecule has 0 saturated carbocycles. The molecule has 0 saturated heterocycles. The molecular formula is C10H9Cl2FN4O. The molecule has 0 aliphatic carbocycles. The number of hydrogen-bond acceptors (Lipinski definition) is 5. The zero-order valence-corrected chi connectivity index (χ0v) is 10.6. The average Bonchev–Trinajstić information content (AvgIpc) is 2.39. The molecule has 0 aliphatic heterocycles. The highest BCUT2D eigenvalue weighted by Gasteiger charge is 1.93. The van der Waals surface area contributed by atoms with Crippen LogP contribution in [0.3, 0.4) is 0 Å². The second kappa shape index (κ2) is 7.86. The number of rotatable bonds is 2. The first kappa shape index (κ1) is 14.7. The summed E-state index contributed by atoms with van der Waals surface area (Å²) in [6, 6.07) is 3.06. The molecule has 0 bridgehead atoms. The summed E-state index contributed by atoms with van der Waals surface area (Å²) in [5.41, 5.74) is 0. The molecule has 8 heteroatoms. The Hall–Kier alpha value is -1.37. The minimum Gasteiger partial charge on any atom is -0.388 e. The standard InChI is InChI=1S/C5H4ClFN2.C5H5ClN2O/c6-4-1-2-8-5(3-7)9-4;6-4-1-2-7-5(3-9)8-4/h1-2H,3H2;1-2,9H,3H2. The maximum atomic E-state index is 11.7. The van der Waals surface area contributed by atoms with Gasteiger partial charge in [-0.15, -0.1) is 0 Å². The topological polar surface area (TPSA) is 71.8 Å². The van der Waals surface area contributed by atoms with Crippen molar-refractivity contribution in [3.05, 3.63) is 46.5 Å². The lowest BCUT2D eigenvalue weighted by Crippen LogP contribution is -1.91. The fourth-order valence-electron chi connectivity index (χ4n) is 0.889. The van der Waals surface area contributed by atoms with Crippen LogP contribution in [-0.4, -0.2) is 25.0 Å². The van der Waals surface area contributed by atoms with E-state index >= 15 is 0 Å². The van der Waals surface area contributed by atoms with Gasteiger partial charge in [-0.1, -0.05) is 23.2 Å². The summed E-state index contributed by atoms with van der Waals surface area (Å²) in [7, 11) is 0. The molecule has 96 valence electrons. The summed E-state index contributed by atoms with van der Waals surface area (Å²) in [6.45, 7) is -0.832. The van der Waals surface area contributed by atoms with Gasteiger partial charge in [-0.2, -0.15) is 0 Å². The van der Waals surface area contributed by atoms with Gasteiger partial charge in [0, 0.05) is 12.4 Å². The van der Waals surface area contributed by atoms with Crippen LogP contribution < -0.4 is 0 Å². The second-order valence-corrected chi connectivity index (χ2v) is 3.66. The molecule has 0 spiro atoms. The predicted molar refractivity (Wildman–Crippen MR) is 64.8 cm³/mol. The molecule has 0 amide bonds. The molecule has 0 atom stereocenters. The van der Waals surface area contributed by atoms with Gasteiger partial charge in [-0.25, -0.2) is 24.3 Å². The first-order valence-corrected chi connectivity index (χ1v) is 5.53. The lowest BCUT2D eigenvalue weighted by Gasteiger charge is -1.91. The fourth-order valence-corrected chi connectivity index (χ4v) is 1.20. The van der Waals surface area contributed by atoms with Gasteiger partial charge in [0.05, 0.1) is 0 Å². The van der Waals surface area contributed by atoms with Gasteiger partial charge in [-0.3, -0.25) is 0 Å². The van der Waals surface area contributed by atoms with Gasteiger partial charge in [0.1, 0.15) is 23.6 Å². The van der Waals surface area contributed by atoms with Crippen LogP contribution in [-0.2, 0) is 13.3 Å². The highest BCUT2D eigenvalue weighted by atomic mass is 35.5. The maximum absolute atomic E-state index is 11.7.